The third kappa shape index (κ3) is 3.38. The topological polar surface area (TPSA) is 63.7 Å². The van der Waals surface area contributed by atoms with Crippen molar-refractivity contribution >= 4 is 11.7 Å². The number of aromatic nitrogens is 1. The molecule has 1 amide bonds. The number of anilines is 1. The molecule has 3 aliphatic rings. The van der Waals surface area contributed by atoms with Crippen LogP contribution < -0.4 is 19.7 Å². The van der Waals surface area contributed by atoms with Gasteiger partial charge in [0.15, 0.2) is 0 Å². The minimum absolute atomic E-state index is 0.0158. The van der Waals surface area contributed by atoms with Crippen molar-refractivity contribution in [2.75, 3.05) is 24.6 Å². The Kier molecular flexibility index (Phi) is 4.60. The summed E-state index contributed by atoms with van der Waals surface area (Å²) in [5.74, 6) is 2.90. The van der Waals surface area contributed by atoms with E-state index in [1.54, 1.807) is 0 Å². The highest BCUT2D eigenvalue weighted by Gasteiger charge is 2.30. The first kappa shape index (κ1) is 19.2. The summed E-state index contributed by atoms with van der Waals surface area (Å²) in [4.78, 5) is 19.0. The van der Waals surface area contributed by atoms with Gasteiger partial charge < -0.3 is 19.7 Å². The van der Waals surface area contributed by atoms with Crippen molar-refractivity contribution in [3.63, 3.8) is 0 Å². The smallest absolute Gasteiger partial charge is 0.253 e. The second kappa shape index (κ2) is 7.18. The normalized spacial score (nSPS) is 20.2. The Morgan fingerprint density at radius 3 is 2.83 bits per heavy atom. The number of carbonyl (C=O) groups is 1. The van der Waals surface area contributed by atoms with Gasteiger partial charge in [-0.25, -0.2) is 4.98 Å². The SMILES string of the molecule is Cc1cc2c(nc1N1CCC(Oc3ccc4c(c3)C(C)(C)CCO4)CC1)CNC2=O. The Labute approximate surface area is 177 Å². The van der Waals surface area contributed by atoms with E-state index in [0.29, 0.717) is 12.1 Å². The summed E-state index contributed by atoms with van der Waals surface area (Å²) >= 11 is 0. The summed E-state index contributed by atoms with van der Waals surface area (Å²) in [5.41, 5.74) is 3.99. The number of nitrogens with one attached hydrogen (secondary N) is 1. The van der Waals surface area contributed by atoms with Crippen LogP contribution in [0.25, 0.3) is 0 Å². The molecule has 1 saturated heterocycles. The molecule has 0 aliphatic carbocycles. The molecule has 0 atom stereocenters. The molecule has 0 saturated carbocycles. The van der Waals surface area contributed by atoms with E-state index in [0.717, 1.165) is 67.5 Å². The van der Waals surface area contributed by atoms with E-state index < -0.39 is 0 Å². The van der Waals surface area contributed by atoms with Gasteiger partial charge in [-0.2, -0.15) is 0 Å². The van der Waals surface area contributed by atoms with Gasteiger partial charge in [0.05, 0.1) is 24.4 Å². The van der Waals surface area contributed by atoms with Crippen LogP contribution in [0.2, 0.25) is 0 Å². The molecule has 0 bridgehead atoms. The molecule has 1 fully saturated rings. The number of nitrogens with zero attached hydrogens (tertiary/aromatic N) is 2. The van der Waals surface area contributed by atoms with Gasteiger partial charge in [-0.05, 0) is 48.6 Å². The average Bonchev–Trinajstić information content (AvgIpc) is 3.08. The first-order valence-electron chi connectivity index (χ1n) is 10.9. The molecular formula is C24H29N3O3. The molecule has 1 aromatic carbocycles. The maximum Gasteiger partial charge on any atom is 0.253 e. The van der Waals surface area contributed by atoms with Crippen LogP contribution in [0, 0.1) is 6.92 Å². The molecule has 158 valence electrons. The van der Waals surface area contributed by atoms with Crippen LogP contribution in [0.5, 0.6) is 11.5 Å². The van der Waals surface area contributed by atoms with Gasteiger partial charge in [0.1, 0.15) is 23.4 Å². The van der Waals surface area contributed by atoms with Gasteiger partial charge in [0, 0.05) is 31.5 Å². The molecule has 4 heterocycles. The van der Waals surface area contributed by atoms with E-state index >= 15 is 0 Å². The summed E-state index contributed by atoms with van der Waals surface area (Å²) in [7, 11) is 0. The number of hydrogen-bond donors (Lipinski definition) is 1. The molecule has 0 unspecified atom stereocenters. The lowest BCUT2D eigenvalue weighted by molar-refractivity contribution is 0.0965. The molecule has 0 radical (unpaired) electrons. The number of pyridine rings is 1. The molecule has 3 aliphatic heterocycles. The summed E-state index contributed by atoms with van der Waals surface area (Å²) in [6.07, 6.45) is 3.12. The van der Waals surface area contributed by atoms with E-state index in [9.17, 15) is 4.79 Å². The summed E-state index contributed by atoms with van der Waals surface area (Å²) in [6, 6.07) is 8.22. The average molecular weight is 408 g/mol. The van der Waals surface area contributed by atoms with Gasteiger partial charge in [-0.1, -0.05) is 13.8 Å². The van der Waals surface area contributed by atoms with Crippen LogP contribution in [0.4, 0.5) is 5.82 Å². The van der Waals surface area contributed by atoms with Gasteiger partial charge in [-0.15, -0.1) is 0 Å². The van der Waals surface area contributed by atoms with E-state index in [1.165, 1.54) is 5.56 Å². The Morgan fingerprint density at radius 1 is 1.23 bits per heavy atom. The zero-order valence-corrected chi connectivity index (χ0v) is 18.0. The summed E-state index contributed by atoms with van der Waals surface area (Å²) in [5, 5.41) is 2.86. The van der Waals surface area contributed by atoms with E-state index in [1.807, 2.05) is 25.1 Å². The number of rotatable bonds is 3. The first-order chi connectivity index (χ1) is 14.4. The van der Waals surface area contributed by atoms with E-state index in [4.69, 9.17) is 14.5 Å². The monoisotopic (exact) mass is 407 g/mol. The van der Waals surface area contributed by atoms with Crippen LogP contribution >= 0.6 is 0 Å². The van der Waals surface area contributed by atoms with Crippen molar-refractivity contribution in [1.82, 2.24) is 10.3 Å². The highest BCUT2D eigenvalue weighted by molar-refractivity contribution is 5.98. The summed E-state index contributed by atoms with van der Waals surface area (Å²) in [6.45, 7) is 9.68. The fraction of sp³-hybridized carbons (Fsp3) is 0.500. The lowest BCUT2D eigenvalue weighted by atomic mass is 9.80. The van der Waals surface area contributed by atoms with Crippen molar-refractivity contribution in [1.29, 1.82) is 0 Å². The highest BCUT2D eigenvalue weighted by Crippen LogP contribution is 2.40. The van der Waals surface area contributed by atoms with Gasteiger partial charge >= 0.3 is 0 Å². The molecule has 1 aromatic heterocycles. The predicted octanol–water partition coefficient (Wildman–Crippen LogP) is 3.74. The molecule has 6 heteroatoms. The maximum atomic E-state index is 11.9. The molecule has 5 rings (SSSR count). The zero-order chi connectivity index (χ0) is 20.9. The van der Waals surface area contributed by atoms with E-state index in [2.05, 4.69) is 30.1 Å². The van der Waals surface area contributed by atoms with Crippen LogP contribution in [-0.2, 0) is 12.0 Å². The summed E-state index contributed by atoms with van der Waals surface area (Å²) < 4.78 is 12.2. The molecule has 2 aromatic rings. The van der Waals surface area contributed by atoms with Crippen molar-refractivity contribution in [3.05, 3.63) is 46.6 Å². The van der Waals surface area contributed by atoms with Crippen LogP contribution in [0.15, 0.2) is 24.3 Å². The Morgan fingerprint density at radius 2 is 2.03 bits per heavy atom. The number of fused-ring (bicyclic) bond motifs is 2. The van der Waals surface area contributed by atoms with Crippen LogP contribution in [0.3, 0.4) is 0 Å². The zero-order valence-electron chi connectivity index (χ0n) is 18.0. The fourth-order valence-electron chi connectivity index (χ4n) is 4.72. The highest BCUT2D eigenvalue weighted by atomic mass is 16.5. The number of piperidine rings is 1. The number of carbonyl (C=O) groups excluding carboxylic acids is 1. The standard InChI is InChI=1S/C24H29N3O3/c1-15-12-18-20(14-25-23(18)28)26-22(15)27-9-6-16(7-10-27)30-17-4-5-21-19(13-17)24(2,3)8-11-29-21/h4-5,12-13,16H,6-11,14H2,1-3H3,(H,25,28). The predicted molar refractivity (Wildman–Crippen MR) is 116 cm³/mol. The van der Waals surface area contributed by atoms with Gasteiger partial charge in [0.25, 0.3) is 5.91 Å². The first-order valence-corrected chi connectivity index (χ1v) is 10.9. The molecule has 6 nitrogen and oxygen atoms in total. The Hall–Kier alpha value is -2.76. The van der Waals surface area contributed by atoms with Gasteiger partial charge in [0.2, 0.25) is 0 Å². The van der Waals surface area contributed by atoms with Crippen LogP contribution in [0.1, 0.15) is 60.3 Å². The number of benzene rings is 1. The fourth-order valence-corrected chi connectivity index (χ4v) is 4.72. The largest absolute Gasteiger partial charge is 0.493 e. The number of amides is 1. The second-order valence-electron chi connectivity index (χ2n) is 9.25. The van der Waals surface area contributed by atoms with Crippen molar-refractivity contribution in [2.24, 2.45) is 0 Å². The number of aryl methyl sites for hydroxylation is 1. The quantitative estimate of drug-likeness (QED) is 0.840. The Bertz CT molecular complexity index is 993. The maximum absolute atomic E-state index is 11.9. The number of ether oxygens (including phenoxy) is 2. The van der Waals surface area contributed by atoms with Crippen molar-refractivity contribution < 1.29 is 14.3 Å². The molecular weight excluding hydrogens is 378 g/mol. The number of hydrogen-bond acceptors (Lipinski definition) is 5. The van der Waals surface area contributed by atoms with Crippen molar-refractivity contribution in [2.45, 2.75) is 58.1 Å². The minimum atomic E-state index is -0.0158. The lowest BCUT2D eigenvalue weighted by Crippen LogP contribution is -2.39. The lowest BCUT2D eigenvalue weighted by Gasteiger charge is -2.35. The second-order valence-corrected chi connectivity index (χ2v) is 9.25. The molecule has 1 N–H and O–H groups in total. The third-order valence-corrected chi connectivity index (χ3v) is 6.64. The third-order valence-electron chi connectivity index (χ3n) is 6.64. The van der Waals surface area contributed by atoms with Crippen LogP contribution in [-0.4, -0.2) is 36.7 Å². The Balaban J connectivity index is 1.26. The van der Waals surface area contributed by atoms with Gasteiger partial charge in [-0.3, -0.25) is 4.79 Å². The molecule has 0 spiro atoms. The van der Waals surface area contributed by atoms with Crippen molar-refractivity contribution in [3.8, 4) is 11.5 Å². The molecule has 30 heavy (non-hydrogen) atoms. The van der Waals surface area contributed by atoms with E-state index in [-0.39, 0.29) is 17.4 Å². The minimum Gasteiger partial charge on any atom is -0.493 e.